The molecule has 0 aromatic rings. The first kappa shape index (κ1) is 10.9. The number of hydrogen-bond acceptors (Lipinski definition) is 2. The van der Waals surface area contributed by atoms with E-state index in [1.807, 2.05) is 0 Å². The molecular formula is C12H22N2O. The van der Waals surface area contributed by atoms with Gasteiger partial charge in [-0.15, -0.1) is 0 Å². The molecule has 2 aliphatic rings. The molecule has 1 saturated heterocycles. The third kappa shape index (κ3) is 2.51. The summed E-state index contributed by atoms with van der Waals surface area (Å²) in [6.45, 7) is 4.17. The summed E-state index contributed by atoms with van der Waals surface area (Å²) in [5.41, 5.74) is 5.85. The van der Waals surface area contributed by atoms with Crippen molar-refractivity contribution in [2.75, 3.05) is 13.1 Å². The summed E-state index contributed by atoms with van der Waals surface area (Å²) in [4.78, 5) is 14.2. The molecule has 0 aromatic carbocycles. The second-order valence-corrected chi connectivity index (χ2v) is 5.29. The van der Waals surface area contributed by atoms with Crippen molar-refractivity contribution in [2.24, 2.45) is 17.6 Å². The zero-order valence-electron chi connectivity index (χ0n) is 9.61. The molecule has 1 aliphatic heterocycles. The summed E-state index contributed by atoms with van der Waals surface area (Å²) < 4.78 is 0. The predicted molar refractivity (Wildman–Crippen MR) is 60.3 cm³/mol. The smallest absolute Gasteiger partial charge is 0.225 e. The highest BCUT2D eigenvalue weighted by Gasteiger charge is 2.31. The summed E-state index contributed by atoms with van der Waals surface area (Å²) >= 11 is 0. The summed E-state index contributed by atoms with van der Waals surface area (Å²) in [7, 11) is 0. The zero-order chi connectivity index (χ0) is 10.8. The molecule has 15 heavy (non-hydrogen) atoms. The first-order valence-electron chi connectivity index (χ1n) is 6.21. The minimum Gasteiger partial charge on any atom is -0.342 e. The van der Waals surface area contributed by atoms with E-state index >= 15 is 0 Å². The second kappa shape index (κ2) is 4.52. The van der Waals surface area contributed by atoms with Crippen LogP contribution in [0.3, 0.4) is 0 Å². The van der Waals surface area contributed by atoms with Crippen LogP contribution in [-0.2, 0) is 4.79 Å². The number of rotatable bonds is 1. The van der Waals surface area contributed by atoms with Gasteiger partial charge in [-0.2, -0.15) is 0 Å². The van der Waals surface area contributed by atoms with Gasteiger partial charge in [-0.25, -0.2) is 0 Å². The van der Waals surface area contributed by atoms with Gasteiger partial charge < -0.3 is 10.6 Å². The Hall–Kier alpha value is -0.570. The number of likely N-dealkylation sites (tertiary alicyclic amines) is 1. The molecule has 2 rings (SSSR count). The molecule has 0 radical (unpaired) electrons. The van der Waals surface area contributed by atoms with Crippen molar-refractivity contribution >= 4 is 5.91 Å². The fourth-order valence-corrected chi connectivity index (χ4v) is 2.76. The monoisotopic (exact) mass is 210 g/mol. The number of carbonyl (C=O) groups excluding carboxylic acids is 1. The minimum absolute atomic E-state index is 0.273. The second-order valence-electron chi connectivity index (χ2n) is 5.29. The quantitative estimate of drug-likeness (QED) is 0.710. The lowest BCUT2D eigenvalue weighted by Crippen LogP contribution is -2.38. The zero-order valence-corrected chi connectivity index (χ0v) is 9.61. The average molecular weight is 210 g/mol. The SMILES string of the molecule is CC1CCN(C(=O)C2CCC(N)CC2)C1. The highest BCUT2D eigenvalue weighted by molar-refractivity contribution is 5.79. The molecule has 1 unspecified atom stereocenters. The van der Waals surface area contributed by atoms with E-state index in [0.29, 0.717) is 17.9 Å². The largest absolute Gasteiger partial charge is 0.342 e. The van der Waals surface area contributed by atoms with Crippen molar-refractivity contribution in [1.29, 1.82) is 0 Å². The van der Waals surface area contributed by atoms with E-state index in [1.165, 1.54) is 6.42 Å². The molecule has 1 aliphatic carbocycles. The van der Waals surface area contributed by atoms with Gasteiger partial charge >= 0.3 is 0 Å². The van der Waals surface area contributed by atoms with Gasteiger partial charge in [0.05, 0.1) is 0 Å². The standard InChI is InChI=1S/C12H22N2O/c1-9-6-7-14(8-9)12(15)10-2-4-11(13)5-3-10/h9-11H,2-8,13H2,1H3. The van der Waals surface area contributed by atoms with Crippen molar-refractivity contribution in [3.05, 3.63) is 0 Å². The fourth-order valence-electron chi connectivity index (χ4n) is 2.76. The Labute approximate surface area is 92.0 Å². The Balaban J connectivity index is 1.85. The predicted octanol–water partition coefficient (Wildman–Crippen LogP) is 1.37. The molecule has 3 heteroatoms. The van der Waals surface area contributed by atoms with Crippen molar-refractivity contribution in [3.63, 3.8) is 0 Å². The molecule has 1 heterocycles. The van der Waals surface area contributed by atoms with Crippen LogP contribution in [0.2, 0.25) is 0 Å². The summed E-state index contributed by atoms with van der Waals surface area (Å²) in [6.07, 6.45) is 5.24. The van der Waals surface area contributed by atoms with Crippen molar-refractivity contribution < 1.29 is 4.79 Å². The van der Waals surface area contributed by atoms with Gasteiger partial charge in [-0.1, -0.05) is 6.92 Å². The Morgan fingerprint density at radius 2 is 1.87 bits per heavy atom. The minimum atomic E-state index is 0.273. The topological polar surface area (TPSA) is 46.3 Å². The van der Waals surface area contributed by atoms with Crippen molar-refractivity contribution in [3.8, 4) is 0 Å². The molecule has 1 saturated carbocycles. The Kier molecular flexibility index (Phi) is 3.29. The fraction of sp³-hybridized carbons (Fsp3) is 0.917. The molecule has 1 atom stereocenters. The Bertz CT molecular complexity index is 234. The van der Waals surface area contributed by atoms with E-state index in [2.05, 4.69) is 11.8 Å². The van der Waals surface area contributed by atoms with Crippen LogP contribution >= 0.6 is 0 Å². The Morgan fingerprint density at radius 3 is 2.40 bits per heavy atom. The van der Waals surface area contributed by atoms with E-state index in [9.17, 15) is 4.79 Å². The van der Waals surface area contributed by atoms with Gasteiger partial charge in [-0.3, -0.25) is 4.79 Å². The first-order valence-corrected chi connectivity index (χ1v) is 6.21. The normalized spacial score (nSPS) is 36.9. The van der Waals surface area contributed by atoms with Crippen LogP contribution in [0.5, 0.6) is 0 Å². The van der Waals surface area contributed by atoms with E-state index in [1.54, 1.807) is 0 Å². The van der Waals surface area contributed by atoms with E-state index in [0.717, 1.165) is 38.8 Å². The first-order chi connectivity index (χ1) is 7.16. The molecule has 2 fully saturated rings. The number of amides is 1. The van der Waals surface area contributed by atoms with E-state index < -0.39 is 0 Å². The van der Waals surface area contributed by atoms with Gasteiger partial charge in [0.15, 0.2) is 0 Å². The summed E-state index contributed by atoms with van der Waals surface area (Å²) in [5, 5.41) is 0. The van der Waals surface area contributed by atoms with Gasteiger partial charge in [0.2, 0.25) is 5.91 Å². The molecule has 0 aromatic heterocycles. The molecule has 0 spiro atoms. The van der Waals surface area contributed by atoms with Gasteiger partial charge in [0.1, 0.15) is 0 Å². The van der Waals surface area contributed by atoms with Crippen LogP contribution in [0.1, 0.15) is 39.0 Å². The number of nitrogens with zero attached hydrogens (tertiary/aromatic N) is 1. The van der Waals surface area contributed by atoms with Crippen molar-refractivity contribution in [2.45, 2.75) is 45.1 Å². The number of nitrogens with two attached hydrogens (primary N) is 1. The maximum atomic E-state index is 12.1. The lowest BCUT2D eigenvalue weighted by Gasteiger charge is -2.28. The van der Waals surface area contributed by atoms with E-state index in [-0.39, 0.29) is 5.92 Å². The van der Waals surface area contributed by atoms with Gasteiger partial charge in [0, 0.05) is 25.0 Å². The lowest BCUT2D eigenvalue weighted by atomic mass is 9.85. The third-order valence-corrected chi connectivity index (χ3v) is 3.86. The van der Waals surface area contributed by atoms with Crippen LogP contribution in [0.15, 0.2) is 0 Å². The van der Waals surface area contributed by atoms with Crippen LogP contribution in [0, 0.1) is 11.8 Å². The summed E-state index contributed by atoms with van der Waals surface area (Å²) in [6, 6.07) is 0.339. The highest BCUT2D eigenvalue weighted by Crippen LogP contribution is 2.27. The third-order valence-electron chi connectivity index (χ3n) is 3.86. The lowest BCUT2D eigenvalue weighted by molar-refractivity contribution is -0.135. The molecule has 2 N–H and O–H groups in total. The van der Waals surface area contributed by atoms with Crippen LogP contribution in [-0.4, -0.2) is 29.9 Å². The molecular weight excluding hydrogens is 188 g/mol. The Morgan fingerprint density at radius 1 is 1.20 bits per heavy atom. The van der Waals surface area contributed by atoms with E-state index in [4.69, 9.17) is 5.73 Å². The van der Waals surface area contributed by atoms with Crippen molar-refractivity contribution in [1.82, 2.24) is 4.90 Å². The summed E-state index contributed by atoms with van der Waals surface area (Å²) in [5.74, 6) is 1.36. The molecule has 1 amide bonds. The van der Waals surface area contributed by atoms with Gasteiger partial charge in [0.25, 0.3) is 0 Å². The maximum absolute atomic E-state index is 12.1. The highest BCUT2D eigenvalue weighted by atomic mass is 16.2. The molecule has 86 valence electrons. The van der Waals surface area contributed by atoms with Gasteiger partial charge in [-0.05, 0) is 38.0 Å². The maximum Gasteiger partial charge on any atom is 0.225 e. The average Bonchev–Trinajstić information content (AvgIpc) is 2.65. The molecule has 3 nitrogen and oxygen atoms in total. The van der Waals surface area contributed by atoms with Crippen LogP contribution < -0.4 is 5.73 Å². The molecule has 0 bridgehead atoms. The van der Waals surface area contributed by atoms with Crippen LogP contribution in [0.25, 0.3) is 0 Å². The number of carbonyl (C=O) groups is 1. The van der Waals surface area contributed by atoms with Crippen LogP contribution in [0.4, 0.5) is 0 Å². The number of hydrogen-bond donors (Lipinski definition) is 1.